The van der Waals surface area contributed by atoms with Crippen LogP contribution < -0.4 is 10.1 Å². The molecule has 8 nitrogen and oxygen atoms in total. The number of hydrogen-bond acceptors (Lipinski definition) is 7. The van der Waals surface area contributed by atoms with Crippen LogP contribution in [0.2, 0.25) is 0 Å². The Balaban J connectivity index is 1.36. The van der Waals surface area contributed by atoms with Crippen molar-refractivity contribution in [3.8, 4) is 5.75 Å². The van der Waals surface area contributed by atoms with Gasteiger partial charge in [-0.3, -0.25) is 14.6 Å². The molecule has 2 heterocycles. The number of sulfone groups is 1. The second-order valence-electron chi connectivity index (χ2n) is 7.56. The fourth-order valence-electron chi connectivity index (χ4n) is 3.76. The lowest BCUT2D eigenvalue weighted by Gasteiger charge is -2.38. The SMILES string of the molecule is CC(=O)Nc1ccc(OC[C@H](O)CN2CCN([C@H]3CCS(=O)(=O)C3)CC2)cc1. The number of rotatable bonds is 7. The number of aliphatic hydroxyl groups is 1. The molecule has 2 aliphatic heterocycles. The molecule has 0 aliphatic carbocycles. The Morgan fingerprint density at radius 2 is 1.93 bits per heavy atom. The van der Waals surface area contributed by atoms with E-state index in [2.05, 4.69) is 15.1 Å². The Labute approximate surface area is 166 Å². The summed E-state index contributed by atoms with van der Waals surface area (Å²) in [6.45, 7) is 5.48. The number of aliphatic hydroxyl groups excluding tert-OH is 1. The fraction of sp³-hybridized carbons (Fsp3) is 0.632. The first-order valence-electron chi connectivity index (χ1n) is 9.66. The molecule has 9 heteroatoms. The standard InChI is InChI=1S/C19H29N3O5S/c1-15(23)20-16-2-4-19(5-3-16)27-13-18(24)12-21-7-9-22(10-8-21)17-6-11-28(25,26)14-17/h2-5,17-18,24H,6-14H2,1H3,(H,20,23)/t17-,18+/m0/s1. The van der Waals surface area contributed by atoms with E-state index in [4.69, 9.17) is 4.74 Å². The van der Waals surface area contributed by atoms with Crippen molar-refractivity contribution >= 4 is 21.4 Å². The third-order valence-electron chi connectivity index (χ3n) is 5.22. The molecule has 3 rings (SSSR count). The van der Waals surface area contributed by atoms with Gasteiger partial charge >= 0.3 is 0 Å². The van der Waals surface area contributed by atoms with E-state index >= 15 is 0 Å². The molecule has 0 saturated carbocycles. The van der Waals surface area contributed by atoms with E-state index in [9.17, 15) is 18.3 Å². The van der Waals surface area contributed by atoms with Gasteiger partial charge in [-0.1, -0.05) is 0 Å². The molecule has 1 aromatic carbocycles. The number of carbonyl (C=O) groups excluding carboxylic acids is 1. The van der Waals surface area contributed by atoms with Crippen LogP contribution in [0.3, 0.4) is 0 Å². The molecule has 28 heavy (non-hydrogen) atoms. The molecular formula is C19H29N3O5S. The second-order valence-corrected chi connectivity index (χ2v) is 9.79. The van der Waals surface area contributed by atoms with Gasteiger partial charge in [-0.15, -0.1) is 0 Å². The van der Waals surface area contributed by atoms with Gasteiger partial charge in [0.1, 0.15) is 18.5 Å². The van der Waals surface area contributed by atoms with Crippen LogP contribution in [0, 0.1) is 0 Å². The number of benzene rings is 1. The van der Waals surface area contributed by atoms with E-state index in [1.807, 2.05) is 0 Å². The van der Waals surface area contributed by atoms with Gasteiger partial charge in [0.05, 0.1) is 11.5 Å². The topological polar surface area (TPSA) is 99.2 Å². The van der Waals surface area contributed by atoms with Crippen LogP contribution in [0.4, 0.5) is 5.69 Å². The molecule has 1 aromatic rings. The van der Waals surface area contributed by atoms with Gasteiger partial charge < -0.3 is 15.2 Å². The predicted molar refractivity (Wildman–Crippen MR) is 107 cm³/mol. The summed E-state index contributed by atoms with van der Waals surface area (Å²) in [5.41, 5.74) is 0.702. The third kappa shape index (κ3) is 6.16. The van der Waals surface area contributed by atoms with E-state index in [1.54, 1.807) is 24.3 Å². The second kappa shape index (κ2) is 9.21. The number of hydrogen-bond donors (Lipinski definition) is 2. The Bertz CT molecular complexity index is 760. The van der Waals surface area contributed by atoms with E-state index in [-0.39, 0.29) is 24.3 Å². The molecule has 2 atom stereocenters. The maximum atomic E-state index is 11.6. The van der Waals surface area contributed by atoms with Crippen LogP contribution in [0.5, 0.6) is 5.75 Å². The molecule has 2 fully saturated rings. The van der Waals surface area contributed by atoms with Crippen molar-refractivity contribution in [3.05, 3.63) is 24.3 Å². The number of nitrogens with zero attached hydrogens (tertiary/aromatic N) is 2. The van der Waals surface area contributed by atoms with Crippen molar-refractivity contribution in [2.75, 3.05) is 56.2 Å². The molecule has 156 valence electrons. The van der Waals surface area contributed by atoms with Gasteiger partial charge in [0, 0.05) is 51.4 Å². The smallest absolute Gasteiger partial charge is 0.221 e. The molecule has 0 unspecified atom stereocenters. The molecule has 0 radical (unpaired) electrons. The Morgan fingerprint density at radius 1 is 1.25 bits per heavy atom. The van der Waals surface area contributed by atoms with E-state index in [0.717, 1.165) is 32.6 Å². The van der Waals surface area contributed by atoms with Crippen LogP contribution in [0.1, 0.15) is 13.3 Å². The van der Waals surface area contributed by atoms with Gasteiger partial charge in [0.15, 0.2) is 9.84 Å². The zero-order valence-electron chi connectivity index (χ0n) is 16.2. The minimum atomic E-state index is -2.85. The maximum Gasteiger partial charge on any atom is 0.221 e. The number of nitrogens with one attached hydrogen (secondary N) is 1. The van der Waals surface area contributed by atoms with Gasteiger partial charge in [0.2, 0.25) is 5.91 Å². The minimum absolute atomic E-state index is 0.126. The van der Waals surface area contributed by atoms with Gasteiger partial charge in [-0.25, -0.2) is 8.42 Å². The summed E-state index contributed by atoms with van der Waals surface area (Å²) in [5.74, 6) is 1.10. The van der Waals surface area contributed by atoms with Gasteiger partial charge in [0.25, 0.3) is 0 Å². The first-order chi connectivity index (χ1) is 13.3. The molecule has 2 N–H and O–H groups in total. The summed E-state index contributed by atoms with van der Waals surface area (Å²) in [7, 11) is -2.85. The van der Waals surface area contributed by atoms with Crippen molar-refractivity contribution in [2.24, 2.45) is 0 Å². The average Bonchev–Trinajstić information content (AvgIpc) is 3.01. The first-order valence-corrected chi connectivity index (χ1v) is 11.5. The number of carbonyl (C=O) groups is 1. The van der Waals surface area contributed by atoms with Crippen molar-refractivity contribution < 1.29 is 23.1 Å². The quantitative estimate of drug-likeness (QED) is 0.661. The van der Waals surface area contributed by atoms with Crippen LogP contribution in [0.25, 0.3) is 0 Å². The lowest BCUT2D eigenvalue weighted by atomic mass is 10.2. The summed E-state index contributed by atoms with van der Waals surface area (Å²) in [6, 6.07) is 7.18. The number of ether oxygens (including phenoxy) is 1. The summed E-state index contributed by atoms with van der Waals surface area (Å²) in [6.07, 6.45) is 0.132. The normalized spacial score (nSPS) is 24.0. The van der Waals surface area contributed by atoms with Crippen molar-refractivity contribution in [3.63, 3.8) is 0 Å². The summed E-state index contributed by atoms with van der Waals surface area (Å²) in [5, 5.41) is 13.0. The molecular weight excluding hydrogens is 382 g/mol. The fourth-order valence-corrected chi connectivity index (χ4v) is 5.52. The monoisotopic (exact) mass is 411 g/mol. The van der Waals surface area contributed by atoms with E-state index in [0.29, 0.717) is 23.7 Å². The maximum absolute atomic E-state index is 11.6. The Hall–Kier alpha value is -1.68. The highest BCUT2D eigenvalue weighted by Crippen LogP contribution is 2.19. The summed E-state index contributed by atoms with van der Waals surface area (Å²) >= 11 is 0. The number of piperazine rings is 1. The third-order valence-corrected chi connectivity index (χ3v) is 6.97. The van der Waals surface area contributed by atoms with Crippen molar-refractivity contribution in [2.45, 2.75) is 25.5 Å². The van der Waals surface area contributed by atoms with Crippen molar-refractivity contribution in [1.82, 2.24) is 9.80 Å². The predicted octanol–water partition coefficient (Wildman–Crippen LogP) is 0.189. The molecule has 1 amide bonds. The molecule has 2 saturated heterocycles. The van der Waals surface area contributed by atoms with Crippen LogP contribution in [-0.4, -0.2) is 92.2 Å². The van der Waals surface area contributed by atoms with E-state index < -0.39 is 15.9 Å². The van der Waals surface area contributed by atoms with Crippen LogP contribution in [-0.2, 0) is 14.6 Å². The average molecular weight is 412 g/mol. The summed E-state index contributed by atoms with van der Waals surface area (Å²) < 4.78 is 28.9. The number of anilines is 1. The molecule has 2 aliphatic rings. The Morgan fingerprint density at radius 3 is 2.50 bits per heavy atom. The van der Waals surface area contributed by atoms with Crippen LogP contribution in [0.15, 0.2) is 24.3 Å². The summed E-state index contributed by atoms with van der Waals surface area (Å²) in [4.78, 5) is 15.5. The molecule has 0 aromatic heterocycles. The number of β-amino-alcohol motifs (C(OH)–C–C–N with tert-alkyl or cyclic N) is 1. The number of amides is 1. The molecule has 0 spiro atoms. The van der Waals surface area contributed by atoms with E-state index in [1.165, 1.54) is 6.92 Å². The van der Waals surface area contributed by atoms with Gasteiger partial charge in [-0.05, 0) is 30.7 Å². The minimum Gasteiger partial charge on any atom is -0.491 e. The highest BCUT2D eigenvalue weighted by molar-refractivity contribution is 7.91. The molecule has 0 bridgehead atoms. The first kappa shape index (κ1) is 21.0. The van der Waals surface area contributed by atoms with Crippen LogP contribution >= 0.6 is 0 Å². The lowest BCUT2D eigenvalue weighted by Crippen LogP contribution is -2.52. The Kier molecular flexibility index (Phi) is 6.92. The largest absolute Gasteiger partial charge is 0.491 e. The highest BCUT2D eigenvalue weighted by Gasteiger charge is 2.33. The zero-order chi connectivity index (χ0) is 20.1. The van der Waals surface area contributed by atoms with Gasteiger partial charge in [-0.2, -0.15) is 0 Å². The lowest BCUT2D eigenvalue weighted by molar-refractivity contribution is -0.114. The van der Waals surface area contributed by atoms with Crippen molar-refractivity contribution in [1.29, 1.82) is 0 Å². The highest BCUT2D eigenvalue weighted by atomic mass is 32.2. The zero-order valence-corrected chi connectivity index (χ0v) is 17.0.